The Bertz CT molecular complexity index is 1150. The molecule has 0 saturated carbocycles. The molecule has 30 heavy (non-hydrogen) atoms. The molecule has 4 rings (SSSR count). The molecule has 0 fully saturated rings. The lowest BCUT2D eigenvalue weighted by Crippen LogP contribution is -2.36. The predicted octanol–water partition coefficient (Wildman–Crippen LogP) is 4.04. The van der Waals surface area contributed by atoms with Crippen molar-refractivity contribution in [2.24, 2.45) is 0 Å². The largest absolute Gasteiger partial charge is 0.437 e. The minimum atomic E-state index is -0.725. The van der Waals surface area contributed by atoms with Crippen molar-refractivity contribution < 1.29 is 13.6 Å². The number of thiophene rings is 2. The van der Waals surface area contributed by atoms with Crippen LogP contribution in [0.2, 0.25) is 0 Å². The highest BCUT2D eigenvalue weighted by molar-refractivity contribution is 7.10. The third-order valence-corrected chi connectivity index (χ3v) is 6.27. The van der Waals surface area contributed by atoms with Crippen molar-refractivity contribution in [2.75, 3.05) is 6.54 Å². The summed E-state index contributed by atoms with van der Waals surface area (Å²) in [5.41, 5.74) is 0.466. The maximum atomic E-state index is 13.1. The highest BCUT2D eigenvalue weighted by Crippen LogP contribution is 2.17. The summed E-state index contributed by atoms with van der Waals surface area (Å²) in [6.45, 7) is 0.785. The number of rotatable bonds is 8. The van der Waals surface area contributed by atoms with Crippen molar-refractivity contribution in [1.82, 2.24) is 14.7 Å². The van der Waals surface area contributed by atoms with E-state index in [2.05, 4.69) is 5.10 Å². The molecular formula is C21H18FN3O3S2. The second-order valence-corrected chi connectivity index (χ2v) is 8.63. The zero-order valence-corrected chi connectivity index (χ0v) is 17.5. The summed E-state index contributed by atoms with van der Waals surface area (Å²) in [4.78, 5) is 29.2. The number of halogens is 1. The van der Waals surface area contributed by atoms with E-state index >= 15 is 0 Å². The van der Waals surface area contributed by atoms with Crippen molar-refractivity contribution in [2.45, 2.75) is 19.5 Å². The molecule has 4 aromatic rings. The van der Waals surface area contributed by atoms with E-state index < -0.39 is 11.6 Å². The Kier molecular flexibility index (Phi) is 6.20. The number of benzene rings is 1. The Morgan fingerprint density at radius 2 is 1.77 bits per heavy atom. The van der Waals surface area contributed by atoms with Crippen molar-refractivity contribution in [1.29, 1.82) is 0 Å². The minimum absolute atomic E-state index is 0.0520. The Hall–Kier alpha value is -3.04. The third kappa shape index (κ3) is 4.92. The van der Waals surface area contributed by atoms with Crippen molar-refractivity contribution in [3.05, 3.63) is 85.4 Å². The first-order valence-corrected chi connectivity index (χ1v) is 11.0. The highest BCUT2D eigenvalue weighted by Gasteiger charge is 2.19. The standard InChI is InChI=1S/C21H18FN3O3S2/c22-16-7-5-15(6-8-16)20-23-25(21(27)28-20)14-19(26)24(13-18-4-2-12-30-18)10-9-17-3-1-11-29-17/h1-8,11-12H,9-10,13-14H2. The van der Waals surface area contributed by atoms with Crippen LogP contribution in [-0.2, 0) is 24.3 Å². The van der Waals surface area contributed by atoms with Crippen molar-refractivity contribution >= 4 is 28.6 Å². The van der Waals surface area contributed by atoms with Crippen LogP contribution in [0.1, 0.15) is 9.75 Å². The first-order chi connectivity index (χ1) is 14.6. The van der Waals surface area contributed by atoms with Gasteiger partial charge in [-0.15, -0.1) is 27.8 Å². The average molecular weight is 444 g/mol. The Morgan fingerprint density at radius 1 is 1.07 bits per heavy atom. The van der Waals surface area contributed by atoms with Gasteiger partial charge in [-0.2, -0.15) is 4.68 Å². The van der Waals surface area contributed by atoms with Crippen LogP contribution >= 0.6 is 22.7 Å². The number of nitrogens with zero attached hydrogens (tertiary/aromatic N) is 3. The molecule has 0 atom stereocenters. The van der Waals surface area contributed by atoms with Gasteiger partial charge in [-0.1, -0.05) is 12.1 Å². The fourth-order valence-electron chi connectivity index (χ4n) is 2.93. The van der Waals surface area contributed by atoms with Gasteiger partial charge in [-0.3, -0.25) is 4.79 Å². The monoisotopic (exact) mass is 443 g/mol. The van der Waals surface area contributed by atoms with E-state index in [1.54, 1.807) is 27.6 Å². The summed E-state index contributed by atoms with van der Waals surface area (Å²) in [5.74, 6) is -1.29. The van der Waals surface area contributed by atoms with Crippen molar-refractivity contribution in [3.63, 3.8) is 0 Å². The number of aromatic nitrogens is 2. The molecule has 1 aromatic carbocycles. The molecule has 3 heterocycles. The normalized spacial score (nSPS) is 11.0. The van der Waals surface area contributed by atoms with Gasteiger partial charge >= 0.3 is 5.76 Å². The summed E-state index contributed by atoms with van der Waals surface area (Å²) in [6, 6.07) is 13.4. The van der Waals surface area contributed by atoms with Crippen LogP contribution in [0.4, 0.5) is 4.39 Å². The second-order valence-electron chi connectivity index (χ2n) is 6.56. The van der Waals surface area contributed by atoms with Gasteiger partial charge in [0.2, 0.25) is 11.8 Å². The van der Waals surface area contributed by atoms with Crippen LogP contribution in [-0.4, -0.2) is 27.1 Å². The zero-order valence-electron chi connectivity index (χ0n) is 15.9. The van der Waals surface area contributed by atoms with E-state index in [1.807, 2.05) is 35.0 Å². The molecule has 154 valence electrons. The maximum Gasteiger partial charge on any atom is 0.437 e. The van der Waals surface area contributed by atoms with E-state index in [9.17, 15) is 14.0 Å². The van der Waals surface area contributed by atoms with E-state index in [0.717, 1.165) is 16.0 Å². The van der Waals surface area contributed by atoms with Crippen LogP contribution < -0.4 is 5.76 Å². The molecule has 9 heteroatoms. The lowest BCUT2D eigenvalue weighted by atomic mass is 10.2. The lowest BCUT2D eigenvalue weighted by Gasteiger charge is -2.21. The molecule has 0 aliphatic rings. The molecular weight excluding hydrogens is 425 g/mol. The zero-order chi connectivity index (χ0) is 20.9. The van der Waals surface area contributed by atoms with Gasteiger partial charge in [0.05, 0.1) is 6.54 Å². The maximum absolute atomic E-state index is 13.1. The number of hydrogen-bond donors (Lipinski definition) is 0. The first-order valence-electron chi connectivity index (χ1n) is 9.25. The average Bonchev–Trinajstić information content (AvgIpc) is 3.49. The van der Waals surface area contributed by atoms with Gasteiger partial charge in [-0.25, -0.2) is 9.18 Å². The van der Waals surface area contributed by atoms with Crippen LogP contribution in [0.3, 0.4) is 0 Å². The molecule has 0 radical (unpaired) electrons. The topological polar surface area (TPSA) is 68.3 Å². The van der Waals surface area contributed by atoms with E-state index in [4.69, 9.17) is 4.42 Å². The first kappa shape index (κ1) is 20.2. The molecule has 0 N–H and O–H groups in total. The summed E-state index contributed by atoms with van der Waals surface area (Å²) in [5, 5.41) is 8.08. The Balaban J connectivity index is 1.49. The van der Waals surface area contributed by atoms with E-state index in [0.29, 0.717) is 18.7 Å². The fraction of sp³-hybridized carbons (Fsp3) is 0.190. The minimum Gasteiger partial charge on any atom is -0.388 e. The van der Waals surface area contributed by atoms with Crippen LogP contribution in [0.25, 0.3) is 11.5 Å². The van der Waals surface area contributed by atoms with Crippen molar-refractivity contribution in [3.8, 4) is 11.5 Å². The lowest BCUT2D eigenvalue weighted by molar-refractivity contribution is -0.132. The van der Waals surface area contributed by atoms with Crippen LogP contribution in [0.5, 0.6) is 0 Å². The van der Waals surface area contributed by atoms with E-state index in [-0.39, 0.29) is 18.3 Å². The summed E-state index contributed by atoms with van der Waals surface area (Å²) in [6.07, 6.45) is 0.739. The van der Waals surface area contributed by atoms with Crippen LogP contribution in [0.15, 0.2) is 68.5 Å². The molecule has 6 nitrogen and oxygen atoms in total. The molecule has 0 unspecified atom stereocenters. The second kappa shape index (κ2) is 9.19. The number of carbonyl (C=O) groups is 1. The Labute approximate surface area is 179 Å². The number of hydrogen-bond acceptors (Lipinski definition) is 6. The Morgan fingerprint density at radius 3 is 2.43 bits per heavy atom. The van der Waals surface area contributed by atoms with Gasteiger partial charge in [0, 0.05) is 21.9 Å². The molecule has 0 saturated heterocycles. The smallest absolute Gasteiger partial charge is 0.388 e. The quantitative estimate of drug-likeness (QED) is 0.412. The molecule has 3 aromatic heterocycles. The van der Waals surface area contributed by atoms with Gasteiger partial charge in [0.1, 0.15) is 12.4 Å². The molecule has 1 amide bonds. The number of amides is 1. The number of carbonyl (C=O) groups excluding carboxylic acids is 1. The molecule has 0 spiro atoms. The van der Waals surface area contributed by atoms with Gasteiger partial charge < -0.3 is 9.32 Å². The fourth-order valence-corrected chi connectivity index (χ4v) is 4.34. The van der Waals surface area contributed by atoms with Gasteiger partial charge in [0.25, 0.3) is 0 Å². The molecule has 0 aliphatic carbocycles. The summed E-state index contributed by atoms with van der Waals surface area (Å²) in [7, 11) is 0. The van der Waals surface area contributed by atoms with E-state index in [1.165, 1.54) is 29.1 Å². The molecule has 0 aliphatic heterocycles. The highest BCUT2D eigenvalue weighted by atomic mass is 32.1. The summed E-state index contributed by atoms with van der Waals surface area (Å²) >= 11 is 3.23. The molecule has 0 bridgehead atoms. The predicted molar refractivity (Wildman–Crippen MR) is 114 cm³/mol. The van der Waals surface area contributed by atoms with Crippen LogP contribution in [0, 0.1) is 5.82 Å². The van der Waals surface area contributed by atoms with Gasteiger partial charge in [-0.05, 0) is 53.6 Å². The SMILES string of the molecule is O=C(Cn1nc(-c2ccc(F)cc2)oc1=O)N(CCc1cccs1)Cc1cccs1. The van der Waals surface area contributed by atoms with Gasteiger partial charge in [0.15, 0.2) is 0 Å². The summed E-state index contributed by atoms with van der Waals surface area (Å²) < 4.78 is 19.3. The third-order valence-electron chi connectivity index (χ3n) is 4.47.